The maximum absolute atomic E-state index is 14.4. The van der Waals surface area contributed by atoms with Gasteiger partial charge in [0.1, 0.15) is 45.9 Å². The van der Waals surface area contributed by atoms with Crippen molar-refractivity contribution in [3.05, 3.63) is 89.6 Å². The van der Waals surface area contributed by atoms with E-state index in [0.29, 0.717) is 19.5 Å². The Morgan fingerprint density at radius 2 is 0.786 bits per heavy atom. The summed E-state index contributed by atoms with van der Waals surface area (Å²) in [5, 5.41) is 6.91. The average molecular weight is 645 g/mol. The number of esters is 4. The number of ketones is 1. The predicted octanol–water partition coefficient (Wildman–Crippen LogP) is 6.00. The Hall–Kier alpha value is -3.65. The molecular weight excluding hydrogens is 621 g/mol. The van der Waals surface area contributed by atoms with Crippen LogP contribution in [0.3, 0.4) is 0 Å². The zero-order valence-electron chi connectivity index (χ0n) is 22.0. The summed E-state index contributed by atoms with van der Waals surface area (Å²) in [5.41, 5.74) is -2.91. The van der Waals surface area contributed by atoms with Gasteiger partial charge in [0.2, 0.25) is 0 Å². The monoisotopic (exact) mass is 644 g/mol. The predicted molar refractivity (Wildman–Crippen MR) is 158 cm³/mol. The standard InChI is InChI=1S/C29H24O9S4/c30-23(19-5-1-11-39-19)35-15-28(16-36-24(31)20-6-2-12-40-20)9-10-29(27(28)34,17-37-25(32)21-7-3-13-41-21)18-38-26(33)22-8-4-14-42-22/h1-8,11-14H,9-10,15-18H2. The highest BCUT2D eigenvalue weighted by Crippen LogP contribution is 2.48. The number of thiophene rings is 4. The van der Waals surface area contributed by atoms with Gasteiger partial charge in [0, 0.05) is 0 Å². The number of Topliss-reactive ketones (excluding diaryl/α,β-unsaturated/α-hetero) is 1. The van der Waals surface area contributed by atoms with Gasteiger partial charge in [-0.3, -0.25) is 4.79 Å². The molecule has 4 aromatic heterocycles. The van der Waals surface area contributed by atoms with Gasteiger partial charge in [-0.15, -0.1) is 45.3 Å². The summed E-state index contributed by atoms with van der Waals surface area (Å²) >= 11 is 4.77. The molecule has 0 aliphatic heterocycles. The molecule has 0 atom stereocenters. The van der Waals surface area contributed by atoms with Crippen LogP contribution in [0, 0.1) is 10.8 Å². The van der Waals surface area contributed by atoms with E-state index in [4.69, 9.17) is 18.9 Å². The third-order valence-corrected chi connectivity index (χ3v) is 10.3. The number of rotatable bonds is 12. The van der Waals surface area contributed by atoms with E-state index in [1.54, 1.807) is 70.1 Å². The lowest BCUT2D eigenvalue weighted by Gasteiger charge is -2.31. The maximum Gasteiger partial charge on any atom is 0.348 e. The Balaban J connectivity index is 1.40. The first kappa shape index (κ1) is 29.8. The van der Waals surface area contributed by atoms with E-state index < -0.39 is 40.5 Å². The van der Waals surface area contributed by atoms with Crippen molar-refractivity contribution >= 4 is 75.0 Å². The van der Waals surface area contributed by atoms with E-state index in [0.717, 1.165) is 0 Å². The zero-order chi connectivity index (χ0) is 29.6. The lowest BCUT2D eigenvalue weighted by Crippen LogP contribution is -2.47. The van der Waals surface area contributed by atoms with Crippen LogP contribution in [-0.4, -0.2) is 56.1 Å². The molecule has 4 aromatic rings. The van der Waals surface area contributed by atoms with Crippen molar-refractivity contribution in [1.29, 1.82) is 0 Å². The first-order valence-electron chi connectivity index (χ1n) is 12.7. The van der Waals surface area contributed by atoms with Crippen molar-refractivity contribution in [1.82, 2.24) is 0 Å². The van der Waals surface area contributed by atoms with Crippen LogP contribution < -0.4 is 0 Å². The van der Waals surface area contributed by atoms with E-state index >= 15 is 0 Å². The molecule has 0 bridgehead atoms. The number of carbonyl (C=O) groups excluding carboxylic acids is 5. The Morgan fingerprint density at radius 3 is 1.00 bits per heavy atom. The Labute approximate surface area is 256 Å². The summed E-state index contributed by atoms with van der Waals surface area (Å²) in [6, 6.07) is 13.2. The Bertz CT molecular complexity index is 1310. The topological polar surface area (TPSA) is 122 Å². The minimum Gasteiger partial charge on any atom is -0.460 e. The number of carbonyl (C=O) groups is 5. The molecule has 0 aromatic carbocycles. The molecule has 0 amide bonds. The van der Waals surface area contributed by atoms with Gasteiger partial charge >= 0.3 is 23.9 Å². The largest absolute Gasteiger partial charge is 0.460 e. The quantitative estimate of drug-likeness (QED) is 0.135. The molecule has 4 heterocycles. The van der Waals surface area contributed by atoms with E-state index in [2.05, 4.69) is 0 Å². The zero-order valence-corrected chi connectivity index (χ0v) is 25.2. The normalized spacial score (nSPS) is 15.2. The highest BCUT2D eigenvalue weighted by Gasteiger charge is 2.59. The highest BCUT2D eigenvalue weighted by atomic mass is 32.1. The molecule has 9 nitrogen and oxygen atoms in total. The van der Waals surface area contributed by atoms with Gasteiger partial charge in [0.05, 0.1) is 10.8 Å². The van der Waals surface area contributed by atoms with Crippen LogP contribution in [0.15, 0.2) is 70.1 Å². The Morgan fingerprint density at radius 1 is 0.524 bits per heavy atom. The van der Waals surface area contributed by atoms with Gasteiger partial charge in [-0.05, 0) is 58.6 Å². The number of hydrogen-bond acceptors (Lipinski definition) is 13. The molecule has 42 heavy (non-hydrogen) atoms. The fraction of sp³-hybridized carbons (Fsp3) is 0.276. The fourth-order valence-electron chi connectivity index (χ4n) is 4.58. The maximum atomic E-state index is 14.4. The minimum absolute atomic E-state index is 0.133. The molecule has 0 unspecified atom stereocenters. The molecule has 1 aliphatic carbocycles. The van der Waals surface area contributed by atoms with Crippen molar-refractivity contribution in [2.75, 3.05) is 26.4 Å². The van der Waals surface area contributed by atoms with E-state index in [-0.39, 0.29) is 39.3 Å². The van der Waals surface area contributed by atoms with Crippen molar-refractivity contribution in [3.63, 3.8) is 0 Å². The minimum atomic E-state index is -1.45. The summed E-state index contributed by atoms with van der Waals surface area (Å²) < 4.78 is 22.3. The molecule has 1 aliphatic rings. The second-order valence-electron chi connectivity index (χ2n) is 9.60. The van der Waals surface area contributed by atoms with Crippen molar-refractivity contribution in [2.24, 2.45) is 10.8 Å². The van der Waals surface area contributed by atoms with E-state index in [1.807, 2.05) is 0 Å². The van der Waals surface area contributed by atoms with Crippen LogP contribution in [0.1, 0.15) is 51.5 Å². The van der Waals surface area contributed by atoms with Gasteiger partial charge in [-0.1, -0.05) is 24.3 Å². The van der Waals surface area contributed by atoms with Gasteiger partial charge in [0.15, 0.2) is 5.78 Å². The lowest BCUT2D eigenvalue weighted by molar-refractivity contribution is -0.142. The van der Waals surface area contributed by atoms with Gasteiger partial charge in [-0.25, -0.2) is 19.2 Å². The van der Waals surface area contributed by atoms with Gasteiger partial charge < -0.3 is 18.9 Å². The van der Waals surface area contributed by atoms with Crippen LogP contribution in [0.4, 0.5) is 0 Å². The number of ether oxygens (including phenoxy) is 4. The van der Waals surface area contributed by atoms with Gasteiger partial charge in [0.25, 0.3) is 0 Å². The summed E-state index contributed by atoms with van der Waals surface area (Å²) in [7, 11) is 0. The molecule has 5 rings (SSSR count). The molecule has 0 radical (unpaired) electrons. The van der Waals surface area contributed by atoms with Crippen molar-refractivity contribution in [3.8, 4) is 0 Å². The Kier molecular flexibility index (Phi) is 9.31. The molecular formula is C29H24O9S4. The highest BCUT2D eigenvalue weighted by molar-refractivity contribution is 7.12. The fourth-order valence-corrected chi connectivity index (χ4v) is 7.04. The molecule has 0 spiro atoms. The third-order valence-electron chi connectivity index (χ3n) is 6.85. The first-order chi connectivity index (χ1) is 20.3. The summed E-state index contributed by atoms with van der Waals surface area (Å²) in [6.07, 6.45) is 0.267. The third kappa shape index (κ3) is 6.54. The van der Waals surface area contributed by atoms with Crippen LogP contribution >= 0.6 is 45.3 Å². The molecule has 13 heteroatoms. The summed E-state index contributed by atoms with van der Waals surface area (Å²) in [6.45, 7) is -1.50. The van der Waals surface area contributed by atoms with Crippen molar-refractivity contribution < 1.29 is 42.9 Å². The SMILES string of the molecule is O=C(OCC1(COC(=O)c2cccs2)CCC(COC(=O)c2cccs2)(COC(=O)c2cccs2)C1=O)c1cccs1. The van der Waals surface area contributed by atoms with Crippen LogP contribution in [0.5, 0.6) is 0 Å². The molecule has 0 N–H and O–H groups in total. The van der Waals surface area contributed by atoms with Crippen LogP contribution in [0.2, 0.25) is 0 Å². The summed E-state index contributed by atoms with van der Waals surface area (Å²) in [5.74, 6) is -2.95. The first-order valence-corrected chi connectivity index (χ1v) is 16.2. The second kappa shape index (κ2) is 13.1. The molecule has 0 saturated heterocycles. The average Bonchev–Trinajstić information content (AvgIpc) is 3.84. The number of hydrogen-bond donors (Lipinski definition) is 0. The molecule has 1 saturated carbocycles. The van der Waals surface area contributed by atoms with E-state index in [1.165, 1.54) is 45.3 Å². The van der Waals surface area contributed by atoms with E-state index in [9.17, 15) is 24.0 Å². The van der Waals surface area contributed by atoms with Gasteiger partial charge in [-0.2, -0.15) is 0 Å². The smallest absolute Gasteiger partial charge is 0.348 e. The second-order valence-corrected chi connectivity index (χ2v) is 13.4. The summed E-state index contributed by atoms with van der Waals surface area (Å²) in [4.78, 5) is 66.7. The molecule has 218 valence electrons. The lowest BCUT2D eigenvalue weighted by atomic mass is 9.79. The van der Waals surface area contributed by atoms with Crippen LogP contribution in [-0.2, 0) is 23.7 Å². The molecule has 1 fully saturated rings. The van der Waals surface area contributed by atoms with Crippen molar-refractivity contribution in [2.45, 2.75) is 12.8 Å². The van der Waals surface area contributed by atoms with Crippen LogP contribution in [0.25, 0.3) is 0 Å².